The van der Waals surface area contributed by atoms with Crippen molar-refractivity contribution in [2.24, 2.45) is 18.2 Å². The lowest BCUT2D eigenvalue weighted by Gasteiger charge is -2.36. The number of pyridine rings is 1. The van der Waals surface area contributed by atoms with Gasteiger partial charge in [0.15, 0.2) is 5.82 Å². The molecule has 13 heteroatoms. The van der Waals surface area contributed by atoms with Crippen LogP contribution in [-0.2, 0) is 23.1 Å². The largest absolute Gasteiger partial charge is 0.494 e. The van der Waals surface area contributed by atoms with Crippen LogP contribution in [0.3, 0.4) is 0 Å². The summed E-state index contributed by atoms with van der Waals surface area (Å²) in [7, 11) is 3.48. The van der Waals surface area contributed by atoms with Crippen LogP contribution in [0.1, 0.15) is 81.4 Å². The van der Waals surface area contributed by atoms with E-state index in [1.54, 1.807) is 24.1 Å². The zero-order chi connectivity index (χ0) is 34.3. The molecule has 2 aliphatic heterocycles. The summed E-state index contributed by atoms with van der Waals surface area (Å²) in [5.41, 5.74) is 9.85. The molecule has 3 N–H and O–H groups in total. The number of carbonyl (C=O) groups is 2. The first-order chi connectivity index (χ1) is 22.9. The summed E-state index contributed by atoms with van der Waals surface area (Å²) >= 11 is 0. The van der Waals surface area contributed by atoms with E-state index in [0.717, 1.165) is 66.6 Å². The monoisotopic (exact) mass is 665 g/mol. The molecular formula is C35H45F2N7O4. The number of fused-ring (bicyclic) bond motifs is 2. The second-order valence-electron chi connectivity index (χ2n) is 13.8. The Morgan fingerprint density at radius 3 is 2.60 bits per heavy atom. The molecule has 1 aromatic carbocycles. The number of imidazole rings is 1. The number of methoxy groups -OCH3 is 1. The van der Waals surface area contributed by atoms with Gasteiger partial charge >= 0.3 is 6.61 Å². The fraction of sp³-hybridized carbons (Fsp3) is 0.543. The molecule has 3 atom stereocenters. The summed E-state index contributed by atoms with van der Waals surface area (Å²) in [6, 6.07) is 8.53. The molecule has 1 fully saturated rings. The average molecular weight is 666 g/mol. The van der Waals surface area contributed by atoms with Crippen LogP contribution in [-0.4, -0.2) is 74.8 Å². The van der Waals surface area contributed by atoms with Crippen molar-refractivity contribution in [2.75, 3.05) is 20.2 Å². The van der Waals surface area contributed by atoms with Gasteiger partial charge in [-0.2, -0.15) is 8.78 Å². The lowest BCUT2D eigenvalue weighted by atomic mass is 9.85. The van der Waals surface area contributed by atoms with Crippen molar-refractivity contribution in [2.45, 2.75) is 90.6 Å². The Morgan fingerprint density at radius 2 is 1.88 bits per heavy atom. The summed E-state index contributed by atoms with van der Waals surface area (Å²) in [6.07, 6.45) is 4.19. The van der Waals surface area contributed by atoms with E-state index < -0.39 is 24.2 Å². The molecular weight excluding hydrogens is 620 g/mol. The van der Waals surface area contributed by atoms with Crippen LogP contribution in [0.15, 0.2) is 30.3 Å². The number of nitrogens with two attached hydrogens (primary N) is 1. The number of rotatable bonds is 5. The van der Waals surface area contributed by atoms with Gasteiger partial charge in [0.25, 0.3) is 5.91 Å². The standard InChI is InChI=1S/C35H45F2N7O4/c1-20-24-11-10-21-17-26(44(30(21)40-24)14-9-7-6-8-13-35(2,3)33(46)39-20)31-41-25-16-22(18-28(47-5)29(25)42(31)4)32(45)43-15-12-27(23(38)19-43)48-34(36)37/h10-11,16-18,20,23,27,34H,6-9,12-15,19,38H2,1-5H3,(H,39,46)/t20-,23+,27-/m1/s1. The molecule has 0 unspecified atom stereocenters. The summed E-state index contributed by atoms with van der Waals surface area (Å²) in [5, 5.41) is 4.14. The van der Waals surface area contributed by atoms with Crippen molar-refractivity contribution in [1.29, 1.82) is 0 Å². The van der Waals surface area contributed by atoms with Gasteiger partial charge in [0.2, 0.25) is 5.91 Å². The highest BCUT2D eigenvalue weighted by Crippen LogP contribution is 2.35. The van der Waals surface area contributed by atoms with Crippen LogP contribution in [0.2, 0.25) is 0 Å². The quantitative estimate of drug-likeness (QED) is 0.286. The van der Waals surface area contributed by atoms with E-state index in [1.807, 2.05) is 44.5 Å². The second-order valence-corrected chi connectivity index (χ2v) is 13.8. The number of likely N-dealkylation sites (tertiary alicyclic amines) is 1. The first-order valence-corrected chi connectivity index (χ1v) is 16.7. The maximum Gasteiger partial charge on any atom is 0.345 e. The Labute approximate surface area is 278 Å². The van der Waals surface area contributed by atoms with E-state index in [9.17, 15) is 18.4 Å². The molecule has 2 amide bonds. The van der Waals surface area contributed by atoms with Crippen molar-refractivity contribution in [3.63, 3.8) is 0 Å². The molecule has 1 saturated heterocycles. The van der Waals surface area contributed by atoms with Gasteiger partial charge in [-0.25, -0.2) is 9.97 Å². The number of alkyl halides is 2. The average Bonchev–Trinajstić information content (AvgIpc) is 3.58. The summed E-state index contributed by atoms with van der Waals surface area (Å²) in [5.74, 6) is 0.938. The Kier molecular flexibility index (Phi) is 9.45. The summed E-state index contributed by atoms with van der Waals surface area (Å²) < 4.78 is 40.2. The number of carbonyl (C=O) groups excluding carboxylic acids is 2. The van der Waals surface area contributed by atoms with Gasteiger partial charge in [0.05, 0.1) is 36.2 Å². The molecule has 11 nitrogen and oxygen atoms in total. The Balaban J connectivity index is 1.37. The van der Waals surface area contributed by atoms with Gasteiger partial charge in [-0.05, 0) is 56.5 Å². The lowest BCUT2D eigenvalue weighted by Crippen LogP contribution is -2.54. The Bertz CT molecular complexity index is 1830. The first kappa shape index (κ1) is 33.8. The highest BCUT2D eigenvalue weighted by Gasteiger charge is 2.33. The number of piperidine rings is 1. The van der Waals surface area contributed by atoms with E-state index in [1.165, 1.54) is 0 Å². The predicted molar refractivity (Wildman–Crippen MR) is 179 cm³/mol. The molecule has 3 aromatic heterocycles. The molecule has 48 heavy (non-hydrogen) atoms. The van der Waals surface area contributed by atoms with Crippen LogP contribution in [0.5, 0.6) is 5.75 Å². The number of benzene rings is 1. The van der Waals surface area contributed by atoms with Crippen LogP contribution < -0.4 is 15.8 Å². The molecule has 4 aromatic rings. The third-order valence-electron chi connectivity index (χ3n) is 9.89. The number of aryl methyl sites for hydroxylation is 2. The zero-order valence-electron chi connectivity index (χ0n) is 28.3. The molecule has 0 aliphatic carbocycles. The van der Waals surface area contributed by atoms with Gasteiger partial charge < -0.3 is 34.6 Å². The van der Waals surface area contributed by atoms with Gasteiger partial charge in [-0.15, -0.1) is 0 Å². The van der Waals surface area contributed by atoms with Gasteiger partial charge in [-0.3, -0.25) is 9.59 Å². The van der Waals surface area contributed by atoms with Crippen LogP contribution in [0.4, 0.5) is 8.78 Å². The number of hydrogen-bond donors (Lipinski definition) is 2. The Hall–Kier alpha value is -4.10. The Morgan fingerprint density at radius 1 is 1.10 bits per heavy atom. The van der Waals surface area contributed by atoms with Gasteiger partial charge in [0, 0.05) is 49.1 Å². The summed E-state index contributed by atoms with van der Waals surface area (Å²) in [4.78, 5) is 38.4. The molecule has 0 radical (unpaired) electrons. The van der Waals surface area contributed by atoms with E-state index in [4.69, 9.17) is 20.4 Å². The molecule has 0 saturated carbocycles. The van der Waals surface area contributed by atoms with E-state index in [-0.39, 0.29) is 37.4 Å². The topological polar surface area (TPSA) is 130 Å². The van der Waals surface area contributed by atoms with Crippen molar-refractivity contribution in [1.82, 2.24) is 29.3 Å². The SMILES string of the molecule is COc1cc(C(=O)N2CC[C@@H](OC(F)F)[C@@H](N)C2)cc2nc(-c3cc4ccc5nc4n3CCCCCCC(C)(C)C(=O)N[C@@H]5C)n(C)c12. The van der Waals surface area contributed by atoms with Gasteiger partial charge in [-0.1, -0.05) is 33.1 Å². The fourth-order valence-electron chi connectivity index (χ4n) is 7.01. The molecule has 6 rings (SSSR count). The maximum absolute atomic E-state index is 13.6. The first-order valence-electron chi connectivity index (χ1n) is 16.7. The smallest absolute Gasteiger partial charge is 0.345 e. The summed E-state index contributed by atoms with van der Waals surface area (Å²) in [6.45, 7) is 4.15. The molecule has 2 aliphatic rings. The maximum atomic E-state index is 13.6. The number of ether oxygens (including phenoxy) is 2. The molecule has 2 bridgehead atoms. The van der Waals surface area contributed by atoms with Crippen LogP contribution in [0.25, 0.3) is 33.6 Å². The molecule has 0 spiro atoms. The third kappa shape index (κ3) is 6.49. The highest BCUT2D eigenvalue weighted by atomic mass is 19.3. The van der Waals surface area contributed by atoms with Crippen LogP contribution >= 0.6 is 0 Å². The predicted octanol–water partition coefficient (Wildman–Crippen LogP) is 5.55. The minimum Gasteiger partial charge on any atom is -0.494 e. The van der Waals surface area contributed by atoms with E-state index in [2.05, 4.69) is 20.7 Å². The lowest BCUT2D eigenvalue weighted by molar-refractivity contribution is -0.175. The molecule has 5 heterocycles. The van der Waals surface area contributed by atoms with Gasteiger partial charge in [0.1, 0.15) is 16.9 Å². The fourth-order valence-corrected chi connectivity index (χ4v) is 7.01. The number of aromatic nitrogens is 4. The zero-order valence-corrected chi connectivity index (χ0v) is 28.3. The normalized spacial score (nSPS) is 22.3. The number of hydrogen-bond acceptors (Lipinski definition) is 7. The van der Waals surface area contributed by atoms with E-state index >= 15 is 0 Å². The van der Waals surface area contributed by atoms with Crippen LogP contribution in [0, 0.1) is 5.41 Å². The number of amides is 2. The number of nitrogens with one attached hydrogen (secondary N) is 1. The number of nitrogens with zero attached hydrogens (tertiary/aromatic N) is 5. The highest BCUT2D eigenvalue weighted by molar-refractivity contribution is 6.00. The number of halogens is 2. The minimum atomic E-state index is -2.91. The third-order valence-corrected chi connectivity index (χ3v) is 9.89. The van der Waals surface area contributed by atoms with Crippen molar-refractivity contribution in [3.05, 3.63) is 41.6 Å². The van der Waals surface area contributed by atoms with E-state index in [0.29, 0.717) is 22.7 Å². The van der Waals surface area contributed by atoms with Crippen molar-refractivity contribution >= 4 is 33.9 Å². The second kappa shape index (κ2) is 13.4. The molecule has 258 valence electrons. The van der Waals surface area contributed by atoms with Crippen molar-refractivity contribution in [3.8, 4) is 17.3 Å². The minimum absolute atomic E-state index is 0.0320. The van der Waals surface area contributed by atoms with Crippen molar-refractivity contribution < 1.29 is 27.8 Å².